The second-order valence-electron chi connectivity index (χ2n) is 19.9. The van der Waals surface area contributed by atoms with E-state index < -0.39 is 23.4 Å². The molecule has 0 aliphatic carbocycles. The fraction of sp³-hybridized carbons (Fsp3) is 0.812. The minimum absolute atomic E-state index is 0. The van der Waals surface area contributed by atoms with Gasteiger partial charge >= 0.3 is 5.97 Å². The van der Waals surface area contributed by atoms with Gasteiger partial charge in [-0.1, -0.05) is 56.4 Å². The van der Waals surface area contributed by atoms with E-state index in [4.69, 9.17) is 47.4 Å². The van der Waals surface area contributed by atoms with E-state index in [1.807, 2.05) is 0 Å². The quantitative estimate of drug-likeness (QED) is 0.168. The monoisotopic (exact) mass is 927 g/mol. The molecule has 1 N–H and O–H groups in total. The summed E-state index contributed by atoms with van der Waals surface area (Å²) in [6.45, 7) is 17.9. The van der Waals surface area contributed by atoms with Crippen molar-refractivity contribution in [3.63, 3.8) is 0 Å². The molecule has 0 aromatic heterocycles. The van der Waals surface area contributed by atoms with E-state index in [1.54, 1.807) is 6.92 Å². The minimum atomic E-state index is -0.663. The Hall–Kier alpha value is -0.606. The first-order valence-electron chi connectivity index (χ1n) is 23.2. The van der Waals surface area contributed by atoms with E-state index in [0.29, 0.717) is 50.9 Å². The molecule has 7 fully saturated rings. The molecule has 22 atom stereocenters. The number of aliphatic hydroxyl groups excluding tert-OH is 1. The predicted molar refractivity (Wildman–Crippen MR) is 221 cm³/mol. The van der Waals surface area contributed by atoms with Crippen LogP contribution >= 0.6 is 0 Å². The van der Waals surface area contributed by atoms with Crippen molar-refractivity contribution < 1.29 is 90.0 Å². The summed E-state index contributed by atoms with van der Waals surface area (Å²) < 4.78 is 67.4. The van der Waals surface area contributed by atoms with Crippen molar-refractivity contribution in [1.82, 2.24) is 0 Å². The zero-order chi connectivity index (χ0) is 41.9. The molecule has 0 amide bonds. The summed E-state index contributed by atoms with van der Waals surface area (Å²) in [4.78, 5) is 12.3. The standard InChI is InChI=1S/C46H65O12.C2H5.Y/c1-24-16-33-36(21-42(48)54-33)53-41-20-35-37(58-45(41,4)22-24)17-25(2)43-32(51-35)11-7-6-10-28-29(55-43)12-8-14-31-30(50-28)13-9-15-40-46(5,57-31)23-39-34(52-40)19-38-44(56-39)27(47)18-26(3)49-38;1-2;/h6-9,14-15,24-41,43-44,47H,3,10-13,16-23H2,1-2,4-5H3;1H2,2H3;/q2*-1;/b7-6-,14-8-,15-9-;;/t24-,25+,26-,27+,28?,29+,30?,31-,32?,33+,34?,35?,36?,37+,38?,39-,40?,41?,43-,44+,45-,46+;;/m1../s1. The Bertz CT molecular complexity index is 1610. The summed E-state index contributed by atoms with van der Waals surface area (Å²) in [7, 11) is 0. The van der Waals surface area contributed by atoms with Gasteiger partial charge < -0.3 is 66.3 Å². The van der Waals surface area contributed by atoms with Gasteiger partial charge in [0, 0.05) is 52.0 Å². The van der Waals surface area contributed by atoms with Crippen LogP contribution in [0, 0.1) is 25.7 Å². The van der Waals surface area contributed by atoms with Gasteiger partial charge in [-0.25, -0.2) is 0 Å². The van der Waals surface area contributed by atoms with Crippen LogP contribution in [0.25, 0.3) is 0 Å². The topological polar surface area (TPSA) is 130 Å². The van der Waals surface area contributed by atoms with E-state index in [0.717, 1.165) is 32.1 Å². The molecule has 9 unspecified atom stereocenters. The van der Waals surface area contributed by atoms with Gasteiger partial charge in [0.1, 0.15) is 30.5 Å². The number of carbonyl (C=O) groups is 1. The average molecular weight is 928 g/mol. The second-order valence-corrected chi connectivity index (χ2v) is 19.9. The third-order valence-corrected chi connectivity index (χ3v) is 15.1. The third-order valence-electron chi connectivity index (χ3n) is 15.1. The van der Waals surface area contributed by atoms with Crippen molar-refractivity contribution in [3.8, 4) is 0 Å². The van der Waals surface area contributed by atoms with Crippen molar-refractivity contribution in [2.45, 2.75) is 233 Å². The minimum Gasteiger partial charge on any atom is -0.459 e. The fourth-order valence-corrected chi connectivity index (χ4v) is 12.3. The number of hydrogen-bond acceptors (Lipinski definition) is 12. The van der Waals surface area contributed by atoms with Crippen LogP contribution in [0.5, 0.6) is 0 Å². The van der Waals surface area contributed by atoms with Crippen LogP contribution in [0.2, 0.25) is 0 Å². The van der Waals surface area contributed by atoms with Crippen molar-refractivity contribution in [1.29, 1.82) is 0 Å². The van der Waals surface area contributed by atoms with Gasteiger partial charge in [0.2, 0.25) is 0 Å². The molecule has 0 aromatic carbocycles. The summed E-state index contributed by atoms with van der Waals surface area (Å²) in [6, 6.07) is 0. The van der Waals surface area contributed by atoms with Crippen LogP contribution in [0.4, 0.5) is 0 Å². The smallest absolute Gasteiger partial charge is 0.308 e. The van der Waals surface area contributed by atoms with E-state index in [9.17, 15) is 9.90 Å². The van der Waals surface area contributed by atoms with Gasteiger partial charge in [0.15, 0.2) is 0 Å². The Kier molecular flexibility index (Phi) is 14.9. The first-order chi connectivity index (χ1) is 28.9. The second kappa shape index (κ2) is 19.3. The Balaban J connectivity index is 0.00000169. The molecule has 61 heavy (non-hydrogen) atoms. The van der Waals surface area contributed by atoms with Gasteiger partial charge in [0.25, 0.3) is 0 Å². The van der Waals surface area contributed by atoms with E-state index in [1.165, 1.54) is 0 Å². The SMILES string of the molecule is [CH2-]C.[CH2-][C@@H]1C[C@H](O)[C@@H]2O[C@@H]3C[C@]4(C)O[C@@H]5/C=C\C[C@@H]6O[C@H]7C(C/C=C\CC6OC5C/C=C\C4OC3CC2O1)OC1CC2OC3CC(=O)O[C@H]3C[C@@H](C)C[C@@]2(C)O[C@H]1C[C@@H]7C.[Y]. The molecule has 0 aromatic rings. The summed E-state index contributed by atoms with van der Waals surface area (Å²) in [5, 5.41) is 10.9. The van der Waals surface area contributed by atoms with Crippen LogP contribution in [0.15, 0.2) is 36.5 Å². The molecule has 10 aliphatic heterocycles. The van der Waals surface area contributed by atoms with Crippen LogP contribution in [-0.4, -0.2) is 132 Å². The molecular weight excluding hydrogens is 857 g/mol. The average Bonchev–Trinajstić information content (AvgIpc) is 3.50. The molecule has 10 rings (SSSR count). The number of aliphatic hydroxyl groups is 1. The molecule has 13 heteroatoms. The Morgan fingerprint density at radius 2 is 1.30 bits per heavy atom. The molecule has 0 bridgehead atoms. The Morgan fingerprint density at radius 1 is 0.607 bits per heavy atom. The molecule has 10 aliphatic rings. The van der Waals surface area contributed by atoms with Crippen molar-refractivity contribution >= 4 is 5.97 Å². The zero-order valence-electron chi connectivity index (χ0n) is 36.9. The summed E-state index contributed by atoms with van der Waals surface area (Å²) in [5.74, 6) is 0.348. The summed E-state index contributed by atoms with van der Waals surface area (Å²) in [5.41, 5.74) is -1.14. The number of rotatable bonds is 0. The zero-order valence-corrected chi connectivity index (χ0v) is 39.8. The molecule has 10 heterocycles. The summed E-state index contributed by atoms with van der Waals surface area (Å²) >= 11 is 0. The van der Waals surface area contributed by atoms with Crippen LogP contribution in [0.1, 0.15) is 112 Å². The van der Waals surface area contributed by atoms with Crippen molar-refractivity contribution in [2.24, 2.45) is 11.8 Å². The maximum Gasteiger partial charge on any atom is 0.308 e. The predicted octanol–water partition coefficient (Wildman–Crippen LogP) is 6.25. The van der Waals surface area contributed by atoms with E-state index >= 15 is 0 Å². The third kappa shape index (κ3) is 9.65. The molecule has 0 saturated carbocycles. The Morgan fingerprint density at radius 3 is 2.11 bits per heavy atom. The molecule has 1 radical (unpaired) electrons. The van der Waals surface area contributed by atoms with Crippen LogP contribution in [0.3, 0.4) is 0 Å². The van der Waals surface area contributed by atoms with E-state index in [-0.39, 0.29) is 142 Å². The van der Waals surface area contributed by atoms with Gasteiger partial charge in [-0.3, -0.25) is 4.79 Å². The largest absolute Gasteiger partial charge is 0.459 e. The first-order valence-corrected chi connectivity index (χ1v) is 23.2. The van der Waals surface area contributed by atoms with Gasteiger partial charge in [0.05, 0.1) is 90.9 Å². The molecule has 339 valence electrons. The maximum atomic E-state index is 12.3. The van der Waals surface area contributed by atoms with Gasteiger partial charge in [-0.05, 0) is 77.0 Å². The van der Waals surface area contributed by atoms with Crippen molar-refractivity contribution in [3.05, 3.63) is 50.3 Å². The fourth-order valence-electron chi connectivity index (χ4n) is 12.3. The number of esters is 1. The van der Waals surface area contributed by atoms with Gasteiger partial charge in [-0.15, -0.1) is 0 Å². The van der Waals surface area contributed by atoms with Gasteiger partial charge in [-0.2, -0.15) is 6.92 Å². The maximum absolute atomic E-state index is 12.3. The number of fused-ring (bicyclic) bond motifs is 9. The molecule has 12 nitrogen and oxygen atoms in total. The normalized spacial score (nSPS) is 54.4. The van der Waals surface area contributed by atoms with Crippen LogP contribution < -0.4 is 0 Å². The van der Waals surface area contributed by atoms with Crippen molar-refractivity contribution in [2.75, 3.05) is 0 Å². The number of hydrogen-bond donors (Lipinski definition) is 1. The Labute approximate surface area is 388 Å². The number of ether oxygens (including phenoxy) is 10. The summed E-state index contributed by atoms with van der Waals surface area (Å²) in [6.07, 6.45) is 17.2. The first kappa shape index (κ1) is 46.9. The molecule has 7 saturated heterocycles. The van der Waals surface area contributed by atoms with E-state index in [2.05, 4.69) is 78.0 Å². The van der Waals surface area contributed by atoms with Crippen LogP contribution in [-0.2, 0) is 84.9 Å². The molecule has 0 spiro atoms. The molecular formula is C48H70O12Y-2. The number of carbonyl (C=O) groups excluding carboxylic acids is 1.